The predicted octanol–water partition coefficient (Wildman–Crippen LogP) is 1.79. The van der Waals surface area contributed by atoms with E-state index in [2.05, 4.69) is 38.3 Å². The van der Waals surface area contributed by atoms with Crippen LogP contribution in [0.25, 0.3) is 0 Å². The van der Waals surface area contributed by atoms with Gasteiger partial charge in [-0.25, -0.2) is 4.79 Å². The maximum absolute atomic E-state index is 12.6. The zero-order valence-electron chi connectivity index (χ0n) is 14.7. The number of carbonyl (C=O) groups excluding carboxylic acids is 2. The SMILES string of the molecule is CC1(C)C[C@H](NCCN2C(=O)NC3(CCCC3)C2=O)C(C)(C)O1. The molecule has 1 aliphatic carbocycles. The highest BCUT2D eigenvalue weighted by Crippen LogP contribution is 2.37. The average molecular weight is 323 g/mol. The maximum atomic E-state index is 12.6. The summed E-state index contributed by atoms with van der Waals surface area (Å²) in [7, 11) is 0. The number of amides is 3. The highest BCUT2D eigenvalue weighted by molar-refractivity contribution is 6.07. The molecule has 6 nitrogen and oxygen atoms in total. The molecule has 3 rings (SSSR count). The molecule has 1 spiro atoms. The van der Waals surface area contributed by atoms with Gasteiger partial charge in [0.05, 0.1) is 11.2 Å². The summed E-state index contributed by atoms with van der Waals surface area (Å²) in [5.74, 6) is -0.0379. The molecular formula is C17H29N3O3. The molecule has 2 aliphatic heterocycles. The van der Waals surface area contributed by atoms with Crippen molar-refractivity contribution in [3.05, 3.63) is 0 Å². The van der Waals surface area contributed by atoms with Crippen molar-refractivity contribution in [3.8, 4) is 0 Å². The average Bonchev–Trinajstić information content (AvgIpc) is 3.02. The molecule has 0 radical (unpaired) electrons. The molecule has 6 heteroatoms. The largest absolute Gasteiger partial charge is 0.368 e. The Labute approximate surface area is 138 Å². The Morgan fingerprint density at radius 1 is 1.22 bits per heavy atom. The van der Waals surface area contributed by atoms with Gasteiger partial charge in [-0.1, -0.05) is 12.8 Å². The second-order valence-corrected chi connectivity index (χ2v) is 8.35. The Morgan fingerprint density at radius 3 is 2.43 bits per heavy atom. The Balaban J connectivity index is 1.55. The Kier molecular flexibility index (Phi) is 3.96. The first-order chi connectivity index (χ1) is 10.7. The Morgan fingerprint density at radius 2 is 1.87 bits per heavy atom. The van der Waals surface area contributed by atoms with E-state index in [9.17, 15) is 9.59 Å². The van der Waals surface area contributed by atoms with Crippen LogP contribution in [-0.4, -0.2) is 52.7 Å². The van der Waals surface area contributed by atoms with Gasteiger partial charge in [0.1, 0.15) is 5.54 Å². The van der Waals surface area contributed by atoms with Gasteiger partial charge in [0, 0.05) is 19.1 Å². The number of imide groups is 1. The van der Waals surface area contributed by atoms with Gasteiger partial charge in [0.2, 0.25) is 0 Å². The minimum atomic E-state index is -0.602. The summed E-state index contributed by atoms with van der Waals surface area (Å²) in [4.78, 5) is 26.1. The van der Waals surface area contributed by atoms with Crippen LogP contribution in [0.15, 0.2) is 0 Å². The minimum absolute atomic E-state index is 0.0379. The fourth-order valence-electron chi connectivity index (χ4n) is 4.43. The second kappa shape index (κ2) is 5.45. The van der Waals surface area contributed by atoms with Crippen LogP contribution in [0.2, 0.25) is 0 Å². The molecule has 130 valence electrons. The van der Waals surface area contributed by atoms with Gasteiger partial charge in [0.25, 0.3) is 5.91 Å². The molecule has 2 N–H and O–H groups in total. The number of hydrogen-bond donors (Lipinski definition) is 2. The van der Waals surface area contributed by atoms with Crippen molar-refractivity contribution in [2.45, 2.75) is 82.6 Å². The highest BCUT2D eigenvalue weighted by atomic mass is 16.5. The molecule has 0 bridgehead atoms. The van der Waals surface area contributed by atoms with Crippen LogP contribution in [0.3, 0.4) is 0 Å². The van der Waals surface area contributed by atoms with Gasteiger partial charge in [0.15, 0.2) is 0 Å². The third-order valence-electron chi connectivity index (χ3n) is 5.50. The molecule has 3 amide bonds. The van der Waals surface area contributed by atoms with E-state index in [0.29, 0.717) is 13.1 Å². The summed E-state index contributed by atoms with van der Waals surface area (Å²) in [6.45, 7) is 9.37. The van der Waals surface area contributed by atoms with Gasteiger partial charge < -0.3 is 15.4 Å². The van der Waals surface area contributed by atoms with Crippen LogP contribution in [0, 0.1) is 0 Å². The molecule has 0 aromatic carbocycles. The van der Waals surface area contributed by atoms with Crippen molar-refractivity contribution in [1.29, 1.82) is 0 Å². The van der Waals surface area contributed by atoms with Gasteiger partial charge in [-0.2, -0.15) is 0 Å². The van der Waals surface area contributed by atoms with E-state index >= 15 is 0 Å². The van der Waals surface area contributed by atoms with Gasteiger partial charge in [-0.3, -0.25) is 9.69 Å². The summed E-state index contributed by atoms with van der Waals surface area (Å²) in [5.41, 5.74) is -0.988. The van der Waals surface area contributed by atoms with Gasteiger partial charge >= 0.3 is 6.03 Å². The third kappa shape index (κ3) is 2.98. The normalized spacial score (nSPS) is 31.1. The Hall–Kier alpha value is -1.14. The van der Waals surface area contributed by atoms with E-state index in [4.69, 9.17) is 4.74 Å². The quantitative estimate of drug-likeness (QED) is 0.774. The van der Waals surface area contributed by atoms with Gasteiger partial charge in [-0.05, 0) is 47.0 Å². The lowest BCUT2D eigenvalue weighted by molar-refractivity contribution is -0.131. The van der Waals surface area contributed by atoms with Crippen LogP contribution in [-0.2, 0) is 9.53 Å². The lowest BCUT2D eigenvalue weighted by atomic mass is 9.94. The third-order valence-corrected chi connectivity index (χ3v) is 5.50. The number of nitrogens with zero attached hydrogens (tertiary/aromatic N) is 1. The molecule has 0 aromatic heterocycles. The predicted molar refractivity (Wildman–Crippen MR) is 87.1 cm³/mol. The lowest BCUT2D eigenvalue weighted by Crippen LogP contribution is -2.47. The van der Waals surface area contributed by atoms with E-state index in [0.717, 1.165) is 32.1 Å². The number of urea groups is 1. The lowest BCUT2D eigenvalue weighted by Gasteiger charge is -2.28. The molecule has 2 heterocycles. The van der Waals surface area contributed by atoms with Crippen LogP contribution < -0.4 is 10.6 Å². The summed E-state index contributed by atoms with van der Waals surface area (Å²) >= 11 is 0. The van der Waals surface area contributed by atoms with Gasteiger partial charge in [-0.15, -0.1) is 0 Å². The minimum Gasteiger partial charge on any atom is -0.368 e. The van der Waals surface area contributed by atoms with Crippen LogP contribution in [0.5, 0.6) is 0 Å². The first kappa shape index (κ1) is 16.7. The van der Waals surface area contributed by atoms with Crippen molar-refractivity contribution in [3.63, 3.8) is 0 Å². The van der Waals surface area contributed by atoms with Crippen molar-refractivity contribution >= 4 is 11.9 Å². The standard InChI is InChI=1S/C17H29N3O3/c1-15(2)11-12(16(3,4)23-15)18-9-10-20-13(21)17(19-14(20)22)7-5-6-8-17/h12,18H,5-11H2,1-4H3,(H,19,22)/t12-/m0/s1. The second-order valence-electron chi connectivity index (χ2n) is 8.35. The number of hydrogen-bond acceptors (Lipinski definition) is 4. The van der Waals surface area contributed by atoms with E-state index < -0.39 is 5.54 Å². The van der Waals surface area contributed by atoms with E-state index in [1.54, 1.807) is 0 Å². The first-order valence-electron chi connectivity index (χ1n) is 8.73. The zero-order valence-corrected chi connectivity index (χ0v) is 14.7. The summed E-state index contributed by atoms with van der Waals surface area (Å²) in [5, 5.41) is 6.40. The topological polar surface area (TPSA) is 70.7 Å². The monoisotopic (exact) mass is 323 g/mol. The maximum Gasteiger partial charge on any atom is 0.325 e. The van der Waals surface area contributed by atoms with E-state index in [1.165, 1.54) is 4.90 Å². The first-order valence-corrected chi connectivity index (χ1v) is 8.73. The van der Waals surface area contributed by atoms with Crippen LogP contribution >= 0.6 is 0 Å². The smallest absolute Gasteiger partial charge is 0.325 e. The van der Waals surface area contributed by atoms with Crippen LogP contribution in [0.1, 0.15) is 59.8 Å². The highest BCUT2D eigenvalue weighted by Gasteiger charge is 2.52. The number of nitrogens with one attached hydrogen (secondary N) is 2. The fraction of sp³-hybridized carbons (Fsp3) is 0.882. The molecule has 2 saturated heterocycles. The van der Waals surface area contributed by atoms with Crippen molar-refractivity contribution in [1.82, 2.24) is 15.5 Å². The van der Waals surface area contributed by atoms with Crippen molar-refractivity contribution < 1.29 is 14.3 Å². The zero-order chi connectivity index (χ0) is 16.9. The number of carbonyl (C=O) groups is 2. The molecule has 1 saturated carbocycles. The van der Waals surface area contributed by atoms with E-state index in [1.807, 2.05) is 0 Å². The molecule has 3 fully saturated rings. The Bertz CT molecular complexity index is 509. The molecular weight excluding hydrogens is 294 g/mol. The summed E-state index contributed by atoms with van der Waals surface area (Å²) < 4.78 is 6.07. The molecule has 1 atom stereocenters. The number of rotatable bonds is 4. The van der Waals surface area contributed by atoms with Crippen molar-refractivity contribution in [2.75, 3.05) is 13.1 Å². The summed E-state index contributed by atoms with van der Waals surface area (Å²) in [6.07, 6.45) is 4.50. The number of ether oxygens (including phenoxy) is 1. The molecule has 23 heavy (non-hydrogen) atoms. The van der Waals surface area contributed by atoms with Crippen molar-refractivity contribution in [2.24, 2.45) is 0 Å². The van der Waals surface area contributed by atoms with E-state index in [-0.39, 0.29) is 29.2 Å². The summed E-state index contributed by atoms with van der Waals surface area (Å²) in [6, 6.07) is -0.0142. The fourth-order valence-corrected chi connectivity index (χ4v) is 4.43. The molecule has 0 unspecified atom stereocenters. The molecule has 3 aliphatic rings. The molecule has 0 aromatic rings. The van der Waals surface area contributed by atoms with Crippen LogP contribution in [0.4, 0.5) is 4.79 Å².